The zero-order chi connectivity index (χ0) is 13.5. The molecule has 0 aliphatic rings. The first-order chi connectivity index (χ1) is 8.54. The second kappa shape index (κ2) is 6.97. The van der Waals surface area contributed by atoms with E-state index in [0.29, 0.717) is 6.42 Å². The van der Waals surface area contributed by atoms with Gasteiger partial charge in [0.25, 0.3) is 0 Å². The van der Waals surface area contributed by atoms with E-state index in [2.05, 4.69) is 4.98 Å². The number of nitrogens with zero attached hydrogens (tertiary/aromatic N) is 2. The Hall–Kier alpha value is -1.61. The van der Waals surface area contributed by atoms with E-state index in [1.807, 2.05) is 6.07 Å². The van der Waals surface area contributed by atoms with Gasteiger partial charge in [0.1, 0.15) is 11.4 Å². The van der Waals surface area contributed by atoms with Crippen molar-refractivity contribution in [2.24, 2.45) is 0 Å². The fraction of sp³-hybridized carbons (Fsp3) is 0.417. The van der Waals surface area contributed by atoms with Gasteiger partial charge < -0.3 is 4.90 Å². The summed E-state index contributed by atoms with van der Waals surface area (Å²) in [5.41, 5.74) is 0.477. The molecule has 0 aromatic carbocycles. The number of likely N-dealkylation sites (N-methyl/N-ethyl adjacent to an activating group) is 1. The van der Waals surface area contributed by atoms with Crippen molar-refractivity contribution in [3.8, 4) is 0 Å². The predicted molar refractivity (Wildman–Crippen MR) is 69.7 cm³/mol. The lowest BCUT2D eigenvalue weighted by atomic mass is 10.1. The molecular weight excluding hydrogens is 246 g/mol. The van der Waals surface area contributed by atoms with Gasteiger partial charge in [0.05, 0.1) is 6.54 Å². The monoisotopic (exact) mass is 262 g/mol. The third-order valence-corrected chi connectivity index (χ3v) is 3.14. The summed E-state index contributed by atoms with van der Waals surface area (Å²) in [6.07, 6.45) is 3.83. The number of amides is 1. The summed E-state index contributed by atoms with van der Waals surface area (Å²) >= 11 is 0. The van der Waals surface area contributed by atoms with Crippen LogP contribution in [0.15, 0.2) is 24.5 Å². The highest BCUT2D eigenvalue weighted by molar-refractivity contribution is 7.27. The summed E-state index contributed by atoms with van der Waals surface area (Å²) in [4.78, 5) is 28.4. The lowest BCUT2D eigenvalue weighted by Gasteiger charge is -2.19. The first kappa shape index (κ1) is 14.5. The summed E-state index contributed by atoms with van der Waals surface area (Å²) in [6.45, 7) is 1.54. The molecular formula is C12H16N3O2P. The number of aromatic nitrogens is 1. The fourth-order valence-corrected chi connectivity index (χ4v) is 2.21. The third-order valence-electron chi connectivity index (χ3n) is 2.43. The van der Waals surface area contributed by atoms with Gasteiger partial charge >= 0.3 is 0 Å². The number of hydrogen-bond acceptors (Lipinski definition) is 4. The molecule has 0 saturated heterocycles. The number of carbonyl (C=O) groups excluding carboxylic acids is 2. The lowest BCUT2D eigenvalue weighted by Crippen LogP contribution is -2.37. The maximum atomic E-state index is 12.0. The molecule has 1 atom stereocenters. The first-order valence-electron chi connectivity index (χ1n) is 5.54. The number of nitrogens with one attached hydrogen (secondary N) is 1. The highest BCUT2D eigenvalue weighted by Crippen LogP contribution is 2.16. The van der Waals surface area contributed by atoms with Gasteiger partial charge in [-0.2, -0.15) is 0 Å². The van der Waals surface area contributed by atoms with Crippen LogP contribution in [-0.2, 0) is 16.0 Å². The van der Waals surface area contributed by atoms with Crippen LogP contribution in [0.4, 0.5) is 0 Å². The average molecular weight is 262 g/mol. The zero-order valence-corrected chi connectivity index (χ0v) is 11.4. The summed E-state index contributed by atoms with van der Waals surface area (Å²) < 4.78 is 0. The Kier molecular flexibility index (Phi) is 5.59. The molecule has 0 saturated carbocycles. The quantitative estimate of drug-likeness (QED) is 0.794. The van der Waals surface area contributed by atoms with Crippen molar-refractivity contribution in [2.45, 2.75) is 19.0 Å². The summed E-state index contributed by atoms with van der Waals surface area (Å²) in [5.74, 6) is -0.238. The zero-order valence-electron chi connectivity index (χ0n) is 10.5. The van der Waals surface area contributed by atoms with Crippen LogP contribution in [-0.4, -0.2) is 40.8 Å². The van der Waals surface area contributed by atoms with E-state index in [-0.39, 0.29) is 26.6 Å². The summed E-state index contributed by atoms with van der Waals surface area (Å²) in [5, 5.41) is 7.43. The van der Waals surface area contributed by atoms with Crippen LogP contribution in [0.2, 0.25) is 0 Å². The normalized spacial score (nSPS) is 12.1. The molecule has 18 heavy (non-hydrogen) atoms. The van der Waals surface area contributed by atoms with E-state index in [4.69, 9.17) is 5.16 Å². The van der Waals surface area contributed by atoms with Gasteiger partial charge in [0, 0.05) is 27.8 Å². The molecule has 1 rings (SSSR count). The second-order valence-corrected chi connectivity index (χ2v) is 4.99. The first-order valence-corrected chi connectivity index (χ1v) is 6.51. The Morgan fingerprint density at radius 3 is 2.78 bits per heavy atom. The van der Waals surface area contributed by atoms with Crippen LogP contribution in [0.25, 0.3) is 0 Å². The van der Waals surface area contributed by atoms with E-state index >= 15 is 0 Å². The van der Waals surface area contributed by atoms with Crippen molar-refractivity contribution in [1.29, 1.82) is 5.16 Å². The number of carbonyl (C=O) groups is 2. The van der Waals surface area contributed by atoms with E-state index in [1.54, 1.807) is 25.5 Å². The number of hydrogen-bond donors (Lipinski definition) is 1. The Bertz CT molecular complexity index is 436. The molecule has 0 radical (unpaired) electrons. The van der Waals surface area contributed by atoms with Crippen LogP contribution in [0.1, 0.15) is 12.5 Å². The second-order valence-electron chi connectivity index (χ2n) is 4.11. The smallest absolute Gasteiger partial charge is 0.236 e. The minimum atomic E-state index is -0.446. The van der Waals surface area contributed by atoms with Crippen LogP contribution in [0, 0.1) is 5.16 Å². The van der Waals surface area contributed by atoms with Gasteiger partial charge in [-0.15, -0.1) is 0 Å². The van der Waals surface area contributed by atoms with Crippen molar-refractivity contribution in [2.75, 3.05) is 13.6 Å². The largest absolute Gasteiger partial charge is 0.338 e. The van der Waals surface area contributed by atoms with Gasteiger partial charge in [-0.1, -0.05) is 6.07 Å². The molecule has 0 aliphatic heterocycles. The van der Waals surface area contributed by atoms with Crippen molar-refractivity contribution >= 4 is 20.1 Å². The lowest BCUT2D eigenvalue weighted by molar-refractivity contribution is -0.133. The van der Waals surface area contributed by atoms with Crippen molar-refractivity contribution in [3.63, 3.8) is 0 Å². The number of pyridine rings is 1. The molecule has 1 aromatic rings. The molecule has 96 valence electrons. The topological polar surface area (TPSA) is 74.1 Å². The molecule has 1 aromatic heterocycles. The van der Waals surface area contributed by atoms with Crippen LogP contribution in [0.5, 0.6) is 0 Å². The summed E-state index contributed by atoms with van der Waals surface area (Å²) in [7, 11) is 1.84. The Morgan fingerprint density at radius 2 is 2.28 bits per heavy atom. The van der Waals surface area contributed by atoms with Gasteiger partial charge in [-0.25, -0.2) is 0 Å². The van der Waals surface area contributed by atoms with Gasteiger partial charge in [-0.3, -0.25) is 19.7 Å². The van der Waals surface area contributed by atoms with E-state index in [9.17, 15) is 9.59 Å². The molecule has 5 nitrogen and oxygen atoms in total. The van der Waals surface area contributed by atoms with E-state index in [0.717, 1.165) is 5.56 Å². The van der Waals surface area contributed by atoms with Crippen molar-refractivity contribution in [1.82, 2.24) is 9.88 Å². The van der Waals surface area contributed by atoms with Gasteiger partial charge in [-0.05, 0) is 25.0 Å². The van der Waals surface area contributed by atoms with Crippen LogP contribution in [0.3, 0.4) is 0 Å². The molecule has 1 amide bonds. The van der Waals surface area contributed by atoms with E-state index < -0.39 is 5.66 Å². The highest BCUT2D eigenvalue weighted by Gasteiger charge is 2.21. The Morgan fingerprint density at radius 1 is 1.56 bits per heavy atom. The standard InChI is InChI=1S/C12H16N3O2P/c1-9(16)8-15(2)12(17)11(18-13)6-10-4-3-5-14-7-10/h3-5,7,11,13H,6,8H2,1-2H3/t11-/m0/s1/i13-3. The van der Waals surface area contributed by atoms with Gasteiger partial charge in [0.2, 0.25) is 5.91 Å². The maximum Gasteiger partial charge on any atom is 0.236 e. The number of ketones is 1. The summed E-state index contributed by atoms with van der Waals surface area (Å²) in [6, 6.07) is 3.68. The number of Topliss-reactive ketones (excluding diaryl/α,β-unsaturated/α-hetero) is 1. The minimum Gasteiger partial charge on any atom is -0.338 e. The third kappa shape index (κ3) is 4.34. The Balaban J connectivity index is 2.69. The molecule has 0 spiro atoms. The molecule has 0 bridgehead atoms. The van der Waals surface area contributed by atoms with Crippen molar-refractivity contribution in [3.05, 3.63) is 30.1 Å². The molecule has 0 unspecified atom stereocenters. The molecule has 0 fully saturated rings. The van der Waals surface area contributed by atoms with Gasteiger partial charge in [0.15, 0.2) is 0 Å². The Labute approximate surface area is 108 Å². The molecule has 1 N–H and O–H groups in total. The van der Waals surface area contributed by atoms with Crippen molar-refractivity contribution < 1.29 is 9.59 Å². The maximum absolute atomic E-state index is 12.0. The fourth-order valence-electron chi connectivity index (χ4n) is 1.60. The number of rotatable bonds is 6. The predicted octanol–water partition coefficient (Wildman–Crippen LogP) is 1.75. The molecule has 1 heterocycles. The molecule has 0 aliphatic carbocycles. The van der Waals surface area contributed by atoms with Crippen LogP contribution < -0.4 is 0 Å². The molecule has 6 heteroatoms. The average Bonchev–Trinajstić information content (AvgIpc) is 2.35. The highest BCUT2D eigenvalue weighted by atomic mass is 31.1. The van der Waals surface area contributed by atoms with E-state index in [1.165, 1.54) is 11.8 Å². The minimum absolute atomic E-state index is 0.0624. The SMILES string of the molecule is CC(=O)CN(C)C(=O)[C@H](Cc1cccnc1)P=[11NH]. The van der Waals surface area contributed by atoms with Crippen LogP contribution >= 0.6 is 8.37 Å².